The van der Waals surface area contributed by atoms with E-state index in [2.05, 4.69) is 10.3 Å². The third-order valence-electron chi connectivity index (χ3n) is 3.87. The molecule has 0 bridgehead atoms. The van der Waals surface area contributed by atoms with E-state index < -0.39 is 17.6 Å². The molecule has 0 unspecified atom stereocenters. The van der Waals surface area contributed by atoms with Gasteiger partial charge in [-0.2, -0.15) is 0 Å². The van der Waals surface area contributed by atoms with Crippen molar-refractivity contribution in [3.8, 4) is 5.75 Å². The quantitative estimate of drug-likeness (QED) is 0.402. The third kappa shape index (κ3) is 4.52. The van der Waals surface area contributed by atoms with Crippen molar-refractivity contribution < 1.29 is 18.7 Å². The van der Waals surface area contributed by atoms with Crippen molar-refractivity contribution in [2.45, 2.75) is 26.8 Å². The maximum Gasteiger partial charge on any atom is 0.348 e. The third-order valence-corrected chi connectivity index (χ3v) is 4.86. The van der Waals surface area contributed by atoms with Crippen LogP contribution in [0.25, 0.3) is 16.3 Å². The molecule has 0 aliphatic carbocycles. The molecule has 7 nitrogen and oxygen atoms in total. The molecule has 2 aromatic heterocycles. The Morgan fingerprint density at radius 2 is 2.00 bits per heavy atom. The van der Waals surface area contributed by atoms with Crippen LogP contribution in [0.1, 0.15) is 36.9 Å². The molecule has 8 heteroatoms. The molecular formula is C20H18N2O5S. The van der Waals surface area contributed by atoms with Crippen molar-refractivity contribution in [1.29, 1.82) is 0 Å². The number of hydrogen-bond donors (Lipinski definition) is 1. The first-order valence-corrected chi connectivity index (χ1v) is 9.37. The van der Waals surface area contributed by atoms with Gasteiger partial charge in [0.2, 0.25) is 11.8 Å². The average Bonchev–Trinajstić information content (AvgIpc) is 3.02. The average molecular weight is 398 g/mol. The largest absolute Gasteiger partial charge is 0.427 e. The number of thiophene rings is 1. The molecule has 0 fully saturated rings. The smallest absolute Gasteiger partial charge is 0.348 e. The molecule has 0 radical (unpaired) electrons. The molecule has 1 aromatic carbocycles. The monoisotopic (exact) mass is 398 g/mol. The summed E-state index contributed by atoms with van der Waals surface area (Å²) in [6.45, 7) is 4.84. The normalized spacial score (nSPS) is 12.2. The number of carbonyl (C=O) groups excluding carboxylic acids is 2. The highest BCUT2D eigenvalue weighted by atomic mass is 32.1. The van der Waals surface area contributed by atoms with Crippen LogP contribution in [0.3, 0.4) is 0 Å². The minimum atomic E-state index is -0.567. The summed E-state index contributed by atoms with van der Waals surface area (Å²) in [5.74, 6) is -0.161. The Hall–Kier alpha value is -3.26. The van der Waals surface area contributed by atoms with Gasteiger partial charge in [-0.1, -0.05) is 12.1 Å². The van der Waals surface area contributed by atoms with E-state index in [4.69, 9.17) is 9.15 Å². The second-order valence-corrected chi connectivity index (χ2v) is 7.02. The topological polar surface area (TPSA) is 98.5 Å². The number of aromatic nitrogens is 1. The van der Waals surface area contributed by atoms with Gasteiger partial charge in [-0.15, -0.1) is 11.3 Å². The van der Waals surface area contributed by atoms with Gasteiger partial charge in [0.05, 0.1) is 5.39 Å². The van der Waals surface area contributed by atoms with Crippen LogP contribution >= 0.6 is 11.3 Å². The highest BCUT2D eigenvalue weighted by Gasteiger charge is 2.16. The first-order valence-electron chi connectivity index (χ1n) is 8.49. The number of amides is 1. The first kappa shape index (κ1) is 19.5. The predicted molar refractivity (Wildman–Crippen MR) is 106 cm³/mol. The van der Waals surface area contributed by atoms with Gasteiger partial charge < -0.3 is 14.5 Å². The summed E-state index contributed by atoms with van der Waals surface area (Å²) in [6, 6.07) is 6.15. The molecule has 1 atom stereocenters. The summed E-state index contributed by atoms with van der Waals surface area (Å²) >= 11 is 1.36. The molecule has 0 aliphatic rings. The van der Waals surface area contributed by atoms with Crippen LogP contribution in [0.5, 0.6) is 5.75 Å². The van der Waals surface area contributed by atoms with Gasteiger partial charge in [0.1, 0.15) is 16.6 Å². The van der Waals surface area contributed by atoms with Gasteiger partial charge in [-0.25, -0.2) is 9.78 Å². The lowest BCUT2D eigenvalue weighted by Crippen LogP contribution is -2.26. The maximum absolute atomic E-state index is 12.2. The Balaban J connectivity index is 1.66. The van der Waals surface area contributed by atoms with Crippen molar-refractivity contribution in [3.63, 3.8) is 0 Å². The second-order valence-electron chi connectivity index (χ2n) is 6.16. The van der Waals surface area contributed by atoms with Crippen LogP contribution in [-0.2, 0) is 9.59 Å². The van der Waals surface area contributed by atoms with Crippen molar-refractivity contribution in [3.05, 3.63) is 63.2 Å². The standard InChI is InChI=1S/C20H18N2O5S/c1-11-10-28-19-17(11)20(25)27-18(22-19)12(2)21-16(24)9-6-14-4-7-15(8-5-14)26-13(3)23/h4-10,12H,1-3H3,(H,21,24)/t12-/m0/s1. The van der Waals surface area contributed by atoms with E-state index in [-0.39, 0.29) is 11.8 Å². The van der Waals surface area contributed by atoms with Crippen molar-refractivity contribution in [2.24, 2.45) is 0 Å². The molecule has 0 saturated carbocycles. The molecule has 3 rings (SSSR count). The molecule has 0 spiro atoms. The minimum absolute atomic E-state index is 0.159. The summed E-state index contributed by atoms with van der Waals surface area (Å²) < 4.78 is 10.2. The van der Waals surface area contributed by atoms with E-state index in [0.717, 1.165) is 11.1 Å². The zero-order valence-electron chi connectivity index (χ0n) is 15.5. The summed E-state index contributed by atoms with van der Waals surface area (Å²) in [6.07, 6.45) is 2.98. The number of nitrogens with zero attached hydrogens (tertiary/aromatic N) is 1. The Morgan fingerprint density at radius 1 is 1.29 bits per heavy atom. The van der Waals surface area contributed by atoms with Gasteiger partial charge in [-0.3, -0.25) is 9.59 Å². The van der Waals surface area contributed by atoms with Crippen LogP contribution < -0.4 is 15.7 Å². The highest BCUT2D eigenvalue weighted by Crippen LogP contribution is 2.22. The number of esters is 1. The lowest BCUT2D eigenvalue weighted by Gasteiger charge is -2.10. The van der Waals surface area contributed by atoms with Crippen LogP contribution in [0, 0.1) is 6.92 Å². The zero-order chi connectivity index (χ0) is 20.3. The van der Waals surface area contributed by atoms with Crippen LogP contribution in [0.2, 0.25) is 0 Å². The van der Waals surface area contributed by atoms with E-state index in [9.17, 15) is 14.4 Å². The van der Waals surface area contributed by atoms with Crippen LogP contribution in [0.4, 0.5) is 0 Å². The molecular weight excluding hydrogens is 380 g/mol. The number of benzene rings is 1. The van der Waals surface area contributed by atoms with E-state index in [1.807, 2.05) is 12.3 Å². The number of nitrogens with one attached hydrogen (secondary N) is 1. The fourth-order valence-electron chi connectivity index (χ4n) is 2.52. The fraction of sp³-hybridized carbons (Fsp3) is 0.200. The Bertz CT molecular complexity index is 1110. The van der Waals surface area contributed by atoms with Crippen LogP contribution in [-0.4, -0.2) is 16.9 Å². The zero-order valence-corrected chi connectivity index (χ0v) is 16.3. The number of aryl methyl sites for hydroxylation is 1. The van der Waals surface area contributed by atoms with Crippen molar-refractivity contribution in [2.75, 3.05) is 0 Å². The fourth-order valence-corrected chi connectivity index (χ4v) is 3.43. The van der Waals surface area contributed by atoms with Gasteiger partial charge in [0.25, 0.3) is 0 Å². The lowest BCUT2D eigenvalue weighted by atomic mass is 10.2. The molecule has 1 N–H and O–H groups in total. The van der Waals surface area contributed by atoms with E-state index in [1.54, 1.807) is 37.3 Å². The first-order chi connectivity index (χ1) is 13.3. The summed E-state index contributed by atoms with van der Waals surface area (Å²) in [4.78, 5) is 40.1. The van der Waals surface area contributed by atoms with E-state index in [1.165, 1.54) is 24.3 Å². The molecule has 3 aromatic rings. The molecule has 1 amide bonds. The van der Waals surface area contributed by atoms with Gasteiger partial charge in [0, 0.05) is 13.0 Å². The molecule has 144 valence electrons. The van der Waals surface area contributed by atoms with Gasteiger partial charge in [-0.05, 0) is 48.6 Å². The number of carbonyl (C=O) groups is 2. The minimum Gasteiger partial charge on any atom is -0.427 e. The Morgan fingerprint density at radius 3 is 2.68 bits per heavy atom. The number of ether oxygens (including phenoxy) is 1. The predicted octanol–water partition coefficient (Wildman–Crippen LogP) is 3.37. The van der Waals surface area contributed by atoms with E-state index in [0.29, 0.717) is 16.0 Å². The van der Waals surface area contributed by atoms with Crippen molar-refractivity contribution in [1.82, 2.24) is 10.3 Å². The second kappa shape index (κ2) is 8.18. The molecule has 0 saturated heterocycles. The Kier molecular flexibility index (Phi) is 5.70. The maximum atomic E-state index is 12.2. The summed E-state index contributed by atoms with van der Waals surface area (Å²) in [7, 11) is 0. The molecule has 2 heterocycles. The number of rotatable bonds is 5. The summed E-state index contributed by atoms with van der Waals surface area (Å²) in [5, 5.41) is 5.04. The van der Waals surface area contributed by atoms with Crippen molar-refractivity contribution >= 4 is 39.5 Å². The number of hydrogen-bond acceptors (Lipinski definition) is 7. The highest BCUT2D eigenvalue weighted by molar-refractivity contribution is 7.16. The van der Waals surface area contributed by atoms with Crippen LogP contribution in [0.15, 0.2) is 44.9 Å². The SMILES string of the molecule is CC(=O)Oc1ccc(C=CC(=O)N[C@@H](C)c2nc3scc(C)c3c(=O)o2)cc1. The van der Waals surface area contributed by atoms with Gasteiger partial charge >= 0.3 is 11.6 Å². The van der Waals surface area contributed by atoms with E-state index >= 15 is 0 Å². The number of fused-ring (bicyclic) bond motifs is 1. The van der Waals surface area contributed by atoms with Gasteiger partial charge in [0.15, 0.2) is 0 Å². The lowest BCUT2D eigenvalue weighted by molar-refractivity contribution is -0.131. The summed E-state index contributed by atoms with van der Waals surface area (Å²) in [5.41, 5.74) is 1.13. The molecule has 0 aliphatic heterocycles. The molecule has 28 heavy (non-hydrogen) atoms. The Labute approximate surface area is 164 Å².